The van der Waals surface area contributed by atoms with Crippen LogP contribution in [0, 0.1) is 6.92 Å². The van der Waals surface area contributed by atoms with Crippen LogP contribution in [-0.4, -0.2) is 36.9 Å². The van der Waals surface area contributed by atoms with E-state index in [0.717, 1.165) is 4.31 Å². The zero-order valence-electron chi connectivity index (χ0n) is 10.8. The molecule has 0 unspecified atom stereocenters. The molecule has 0 saturated heterocycles. The average molecular weight is 306 g/mol. The monoisotopic (exact) mass is 305 g/mol. The molecule has 0 atom stereocenters. The fraction of sp³-hybridized carbons (Fsp3) is 0.417. The Hall–Kier alpha value is -1.11. The van der Waals surface area contributed by atoms with Gasteiger partial charge in [0.2, 0.25) is 10.0 Å². The summed E-state index contributed by atoms with van der Waals surface area (Å²) >= 11 is 5.79. The van der Waals surface area contributed by atoms with Crippen LogP contribution in [0.3, 0.4) is 0 Å². The number of carbonyl (C=O) groups is 1. The molecule has 0 amide bonds. The van der Waals surface area contributed by atoms with Gasteiger partial charge in [0.1, 0.15) is 6.54 Å². The molecule has 1 N–H and O–H groups in total. The first kappa shape index (κ1) is 15.9. The van der Waals surface area contributed by atoms with Crippen molar-refractivity contribution in [2.24, 2.45) is 0 Å². The molecular weight excluding hydrogens is 290 g/mol. The highest BCUT2D eigenvalue weighted by molar-refractivity contribution is 7.89. The second kappa shape index (κ2) is 6.36. The Morgan fingerprint density at radius 3 is 2.53 bits per heavy atom. The van der Waals surface area contributed by atoms with E-state index in [-0.39, 0.29) is 11.4 Å². The lowest BCUT2D eigenvalue weighted by Crippen LogP contribution is -2.36. The number of benzene rings is 1. The molecule has 0 aliphatic heterocycles. The molecule has 0 bridgehead atoms. The summed E-state index contributed by atoms with van der Waals surface area (Å²) in [4.78, 5) is 10.9. The van der Waals surface area contributed by atoms with Crippen molar-refractivity contribution >= 4 is 27.6 Å². The number of halogens is 1. The summed E-state index contributed by atoms with van der Waals surface area (Å²) in [6, 6.07) is 4.42. The molecular formula is C12H16ClNO4S. The lowest BCUT2D eigenvalue weighted by molar-refractivity contribution is -0.137. The number of hydrogen-bond donors (Lipinski definition) is 1. The Morgan fingerprint density at radius 2 is 2.05 bits per heavy atom. The Morgan fingerprint density at radius 1 is 1.42 bits per heavy atom. The summed E-state index contributed by atoms with van der Waals surface area (Å²) in [6.07, 6.45) is 0.541. The number of rotatable bonds is 6. The molecule has 0 radical (unpaired) electrons. The minimum absolute atomic E-state index is 0.0894. The van der Waals surface area contributed by atoms with Crippen molar-refractivity contribution in [2.45, 2.75) is 25.2 Å². The van der Waals surface area contributed by atoms with E-state index >= 15 is 0 Å². The fourth-order valence-corrected chi connectivity index (χ4v) is 3.64. The molecule has 0 aliphatic rings. The zero-order valence-corrected chi connectivity index (χ0v) is 12.3. The van der Waals surface area contributed by atoms with Crippen LogP contribution < -0.4 is 0 Å². The highest BCUT2D eigenvalue weighted by atomic mass is 35.5. The Kier molecular flexibility index (Phi) is 5.34. The van der Waals surface area contributed by atoms with Crippen LogP contribution in [0.1, 0.15) is 18.9 Å². The zero-order chi connectivity index (χ0) is 14.6. The van der Waals surface area contributed by atoms with Gasteiger partial charge in [-0.05, 0) is 37.1 Å². The van der Waals surface area contributed by atoms with Crippen LogP contribution in [0.25, 0.3) is 0 Å². The number of aliphatic carboxylic acids is 1. The predicted octanol–water partition coefficient (Wildman–Crippen LogP) is 2.13. The van der Waals surface area contributed by atoms with Crippen molar-refractivity contribution in [3.63, 3.8) is 0 Å². The molecule has 7 heteroatoms. The predicted molar refractivity (Wildman–Crippen MR) is 72.9 cm³/mol. The third-order valence-corrected chi connectivity index (χ3v) is 4.78. The fourth-order valence-electron chi connectivity index (χ4n) is 1.73. The first-order valence-corrected chi connectivity index (χ1v) is 7.59. The number of sulfonamides is 1. The van der Waals surface area contributed by atoms with Crippen molar-refractivity contribution in [1.29, 1.82) is 0 Å². The summed E-state index contributed by atoms with van der Waals surface area (Å²) in [7, 11) is -3.81. The van der Waals surface area contributed by atoms with Gasteiger partial charge < -0.3 is 5.11 Å². The van der Waals surface area contributed by atoms with Crippen molar-refractivity contribution in [3.8, 4) is 0 Å². The SMILES string of the molecule is CCCN(CC(=O)O)S(=O)(=O)c1ccc(Cl)cc1C. The normalized spacial score (nSPS) is 11.8. The van der Waals surface area contributed by atoms with Crippen LogP contribution in [0.5, 0.6) is 0 Å². The van der Waals surface area contributed by atoms with Gasteiger partial charge in [-0.1, -0.05) is 18.5 Å². The molecule has 0 heterocycles. The van der Waals surface area contributed by atoms with Gasteiger partial charge in [0.05, 0.1) is 4.90 Å². The third kappa shape index (κ3) is 3.92. The van der Waals surface area contributed by atoms with Crippen LogP contribution in [0.15, 0.2) is 23.1 Å². The Bertz CT molecular complexity index is 571. The van der Waals surface area contributed by atoms with E-state index in [1.165, 1.54) is 12.1 Å². The highest BCUT2D eigenvalue weighted by Gasteiger charge is 2.27. The number of carboxylic acids is 1. The van der Waals surface area contributed by atoms with Gasteiger partial charge in [-0.2, -0.15) is 4.31 Å². The van der Waals surface area contributed by atoms with E-state index in [0.29, 0.717) is 17.0 Å². The summed E-state index contributed by atoms with van der Waals surface area (Å²) < 4.78 is 25.8. The summed E-state index contributed by atoms with van der Waals surface area (Å²) in [5, 5.41) is 9.25. The number of carboxylic acid groups (broad SMARTS) is 1. The third-order valence-electron chi connectivity index (χ3n) is 2.54. The van der Waals surface area contributed by atoms with Crippen molar-refractivity contribution in [3.05, 3.63) is 28.8 Å². The Labute approximate surface area is 117 Å². The molecule has 0 aromatic heterocycles. The van der Waals surface area contributed by atoms with E-state index in [1.54, 1.807) is 19.9 Å². The average Bonchev–Trinajstić information content (AvgIpc) is 2.27. The molecule has 5 nitrogen and oxygen atoms in total. The van der Waals surface area contributed by atoms with E-state index in [4.69, 9.17) is 16.7 Å². The van der Waals surface area contributed by atoms with E-state index in [1.807, 2.05) is 0 Å². The summed E-state index contributed by atoms with van der Waals surface area (Å²) in [6.45, 7) is 3.04. The van der Waals surface area contributed by atoms with Crippen molar-refractivity contribution < 1.29 is 18.3 Å². The standard InChI is InChI=1S/C12H16ClNO4S/c1-3-6-14(8-12(15)16)19(17,18)11-5-4-10(13)7-9(11)2/h4-5,7H,3,6,8H2,1-2H3,(H,15,16). The second-order valence-electron chi connectivity index (χ2n) is 4.14. The minimum Gasteiger partial charge on any atom is -0.480 e. The molecule has 1 rings (SSSR count). The minimum atomic E-state index is -3.81. The Balaban J connectivity index is 3.22. The van der Waals surface area contributed by atoms with Gasteiger partial charge >= 0.3 is 5.97 Å². The molecule has 19 heavy (non-hydrogen) atoms. The molecule has 1 aromatic carbocycles. The van der Waals surface area contributed by atoms with Crippen LogP contribution in [0.2, 0.25) is 5.02 Å². The largest absolute Gasteiger partial charge is 0.480 e. The first-order valence-electron chi connectivity index (χ1n) is 5.77. The molecule has 0 fully saturated rings. The molecule has 1 aromatic rings. The highest BCUT2D eigenvalue weighted by Crippen LogP contribution is 2.23. The van der Waals surface area contributed by atoms with Gasteiger partial charge in [-0.15, -0.1) is 0 Å². The molecule has 0 spiro atoms. The number of nitrogens with zero attached hydrogens (tertiary/aromatic N) is 1. The number of hydrogen-bond acceptors (Lipinski definition) is 3. The lowest BCUT2D eigenvalue weighted by Gasteiger charge is -2.20. The van der Waals surface area contributed by atoms with Gasteiger partial charge in [-0.3, -0.25) is 4.79 Å². The van der Waals surface area contributed by atoms with Crippen LogP contribution >= 0.6 is 11.6 Å². The van der Waals surface area contributed by atoms with Crippen molar-refractivity contribution in [1.82, 2.24) is 4.31 Å². The van der Waals surface area contributed by atoms with Crippen LogP contribution in [-0.2, 0) is 14.8 Å². The smallest absolute Gasteiger partial charge is 0.318 e. The van der Waals surface area contributed by atoms with E-state index in [9.17, 15) is 13.2 Å². The van der Waals surface area contributed by atoms with Crippen molar-refractivity contribution in [2.75, 3.05) is 13.1 Å². The van der Waals surface area contributed by atoms with E-state index < -0.39 is 22.5 Å². The number of aryl methyl sites for hydroxylation is 1. The van der Waals surface area contributed by atoms with Gasteiger partial charge in [0.15, 0.2) is 0 Å². The van der Waals surface area contributed by atoms with Gasteiger partial charge in [0.25, 0.3) is 0 Å². The second-order valence-corrected chi connectivity index (χ2v) is 6.48. The lowest BCUT2D eigenvalue weighted by atomic mass is 10.2. The van der Waals surface area contributed by atoms with Gasteiger partial charge in [0, 0.05) is 11.6 Å². The molecule has 106 valence electrons. The van der Waals surface area contributed by atoms with Gasteiger partial charge in [-0.25, -0.2) is 8.42 Å². The summed E-state index contributed by atoms with van der Waals surface area (Å²) in [5.41, 5.74) is 0.499. The first-order chi connectivity index (χ1) is 8.78. The maximum atomic E-state index is 12.4. The summed E-state index contributed by atoms with van der Waals surface area (Å²) in [5.74, 6) is -1.18. The maximum Gasteiger partial charge on any atom is 0.318 e. The molecule has 0 saturated carbocycles. The quantitative estimate of drug-likeness (QED) is 0.873. The van der Waals surface area contributed by atoms with E-state index in [2.05, 4.69) is 0 Å². The maximum absolute atomic E-state index is 12.4. The van der Waals surface area contributed by atoms with Crippen LogP contribution in [0.4, 0.5) is 0 Å². The molecule has 0 aliphatic carbocycles. The topological polar surface area (TPSA) is 74.7 Å².